The summed E-state index contributed by atoms with van der Waals surface area (Å²) in [5.74, 6) is -0.690. The molecule has 6 heteroatoms. The molecule has 0 aliphatic rings. The predicted octanol–water partition coefficient (Wildman–Crippen LogP) is -0.212. The van der Waals surface area contributed by atoms with Crippen LogP contribution in [-0.4, -0.2) is 47.8 Å². The van der Waals surface area contributed by atoms with Crippen molar-refractivity contribution in [3.63, 3.8) is 0 Å². The molecule has 0 saturated carbocycles. The highest BCUT2D eigenvalue weighted by Crippen LogP contribution is 2.19. The number of carbonyl (C=O) groups is 2. The number of carbonyl (C=O) groups excluding carboxylic acids is 2. The quantitative estimate of drug-likeness (QED) is 0.437. The average molecular weight is 274 g/mol. The van der Waals surface area contributed by atoms with E-state index in [9.17, 15) is 14.7 Å². The molecule has 0 heterocycles. The Bertz CT molecular complexity index is 292. The lowest BCUT2D eigenvalue weighted by molar-refractivity contribution is -0.137. The molecule has 0 aromatic rings. The van der Waals surface area contributed by atoms with Gasteiger partial charge in [-0.25, -0.2) is 0 Å². The molecule has 0 aliphatic carbocycles. The Morgan fingerprint density at radius 2 is 1.84 bits per heavy atom. The Hall–Kier alpha value is -1.14. The lowest BCUT2D eigenvalue weighted by Gasteiger charge is -2.27. The number of aliphatic hydroxyl groups is 2. The fourth-order valence-electron chi connectivity index (χ4n) is 1.33. The lowest BCUT2D eigenvalue weighted by atomic mass is 9.87. The first-order valence-electron chi connectivity index (χ1n) is 6.68. The van der Waals surface area contributed by atoms with Crippen LogP contribution in [0.25, 0.3) is 0 Å². The van der Waals surface area contributed by atoms with Crippen molar-refractivity contribution >= 4 is 11.8 Å². The van der Waals surface area contributed by atoms with Gasteiger partial charge in [-0.2, -0.15) is 0 Å². The van der Waals surface area contributed by atoms with Crippen LogP contribution in [0.15, 0.2) is 0 Å². The summed E-state index contributed by atoms with van der Waals surface area (Å²) in [5, 5.41) is 24.0. The second-order valence-corrected chi connectivity index (χ2v) is 5.29. The second-order valence-electron chi connectivity index (χ2n) is 5.29. The molecule has 19 heavy (non-hydrogen) atoms. The molecule has 4 N–H and O–H groups in total. The van der Waals surface area contributed by atoms with Crippen molar-refractivity contribution in [1.82, 2.24) is 10.6 Å². The highest BCUT2D eigenvalue weighted by Gasteiger charge is 2.32. The highest BCUT2D eigenvalue weighted by molar-refractivity contribution is 5.82. The average Bonchev–Trinajstić information content (AvgIpc) is 2.38. The fraction of sp³-hybridized carbons (Fsp3) is 0.846. The van der Waals surface area contributed by atoms with Crippen molar-refractivity contribution in [2.75, 3.05) is 19.7 Å². The molecule has 0 saturated heterocycles. The molecule has 2 amide bonds. The molecular weight excluding hydrogens is 248 g/mol. The second kappa shape index (κ2) is 8.87. The van der Waals surface area contributed by atoms with Gasteiger partial charge in [-0.15, -0.1) is 0 Å². The van der Waals surface area contributed by atoms with E-state index in [1.807, 2.05) is 6.92 Å². The third kappa shape index (κ3) is 7.12. The van der Waals surface area contributed by atoms with Gasteiger partial charge in [0.05, 0.1) is 6.61 Å². The van der Waals surface area contributed by atoms with E-state index in [0.29, 0.717) is 6.54 Å². The molecule has 1 atom stereocenters. The van der Waals surface area contributed by atoms with Gasteiger partial charge < -0.3 is 20.8 Å². The zero-order valence-corrected chi connectivity index (χ0v) is 12.0. The summed E-state index contributed by atoms with van der Waals surface area (Å²) in [6.07, 6.45) is 0.837. The summed E-state index contributed by atoms with van der Waals surface area (Å²) in [4.78, 5) is 22.9. The largest absolute Gasteiger partial charge is 0.396 e. The first-order chi connectivity index (χ1) is 8.85. The van der Waals surface area contributed by atoms with Crippen molar-refractivity contribution in [2.24, 2.45) is 5.41 Å². The van der Waals surface area contributed by atoms with E-state index in [4.69, 9.17) is 5.11 Å². The predicted molar refractivity (Wildman–Crippen MR) is 72.4 cm³/mol. The summed E-state index contributed by atoms with van der Waals surface area (Å²) in [5.41, 5.74) is -0.895. The van der Waals surface area contributed by atoms with Crippen LogP contribution >= 0.6 is 0 Å². The number of hydrogen-bond acceptors (Lipinski definition) is 4. The van der Waals surface area contributed by atoms with E-state index in [1.54, 1.807) is 13.8 Å². The Labute approximate surface area is 114 Å². The van der Waals surface area contributed by atoms with Crippen molar-refractivity contribution < 1.29 is 19.8 Å². The van der Waals surface area contributed by atoms with Gasteiger partial charge in [0.2, 0.25) is 11.8 Å². The smallest absolute Gasteiger partial charge is 0.249 e. The van der Waals surface area contributed by atoms with Crippen LogP contribution in [0.2, 0.25) is 0 Å². The monoisotopic (exact) mass is 274 g/mol. The molecule has 0 rings (SSSR count). The topological polar surface area (TPSA) is 98.7 Å². The van der Waals surface area contributed by atoms with E-state index >= 15 is 0 Å². The molecule has 0 fully saturated rings. The zero-order valence-electron chi connectivity index (χ0n) is 12.0. The van der Waals surface area contributed by atoms with Crippen molar-refractivity contribution in [2.45, 2.75) is 46.1 Å². The SMILES string of the molecule is CCCCNC(=O)CCNC(=O)[C@H](O)C(C)(C)CO. The van der Waals surface area contributed by atoms with Crippen molar-refractivity contribution in [3.8, 4) is 0 Å². The molecule has 0 bridgehead atoms. The van der Waals surface area contributed by atoms with Gasteiger partial charge in [0, 0.05) is 24.9 Å². The third-order valence-electron chi connectivity index (χ3n) is 2.90. The highest BCUT2D eigenvalue weighted by atomic mass is 16.3. The summed E-state index contributed by atoms with van der Waals surface area (Å²) >= 11 is 0. The van der Waals surface area contributed by atoms with Gasteiger partial charge >= 0.3 is 0 Å². The van der Waals surface area contributed by atoms with E-state index in [1.165, 1.54) is 0 Å². The minimum absolute atomic E-state index is 0.121. The van der Waals surface area contributed by atoms with E-state index in [2.05, 4.69) is 10.6 Å². The Kier molecular flexibility index (Phi) is 8.34. The van der Waals surface area contributed by atoms with E-state index in [-0.39, 0.29) is 25.5 Å². The van der Waals surface area contributed by atoms with Gasteiger partial charge in [0.1, 0.15) is 6.10 Å². The molecule has 0 spiro atoms. The van der Waals surface area contributed by atoms with Crippen LogP contribution in [0, 0.1) is 5.41 Å². The maximum atomic E-state index is 11.6. The first-order valence-corrected chi connectivity index (χ1v) is 6.68. The summed E-state index contributed by atoms with van der Waals surface area (Å²) in [6, 6.07) is 0. The Balaban J connectivity index is 3.88. The Morgan fingerprint density at radius 3 is 2.37 bits per heavy atom. The standard InChI is InChI=1S/C13H26N2O4/c1-4-5-7-14-10(17)6-8-15-12(19)11(18)13(2,3)9-16/h11,16,18H,4-9H2,1-3H3,(H,14,17)(H,15,19)/t11-/m0/s1. The summed E-state index contributed by atoms with van der Waals surface area (Å²) in [7, 11) is 0. The van der Waals surface area contributed by atoms with Gasteiger partial charge in [0.15, 0.2) is 0 Å². The first kappa shape index (κ1) is 17.9. The van der Waals surface area contributed by atoms with Crippen LogP contribution in [0.1, 0.15) is 40.0 Å². The fourth-order valence-corrected chi connectivity index (χ4v) is 1.33. The van der Waals surface area contributed by atoms with Crippen LogP contribution in [0.3, 0.4) is 0 Å². The molecule has 0 radical (unpaired) electrons. The molecule has 0 unspecified atom stereocenters. The minimum atomic E-state index is -1.29. The molecule has 0 aromatic carbocycles. The van der Waals surface area contributed by atoms with E-state index < -0.39 is 17.4 Å². The number of rotatable bonds is 9. The van der Waals surface area contributed by atoms with Gasteiger partial charge in [-0.1, -0.05) is 27.2 Å². The van der Waals surface area contributed by atoms with Crippen LogP contribution in [-0.2, 0) is 9.59 Å². The summed E-state index contributed by atoms with van der Waals surface area (Å²) in [6.45, 7) is 5.75. The summed E-state index contributed by atoms with van der Waals surface area (Å²) < 4.78 is 0. The number of unbranched alkanes of at least 4 members (excludes halogenated alkanes) is 1. The lowest BCUT2D eigenvalue weighted by Crippen LogP contribution is -2.46. The van der Waals surface area contributed by atoms with Crippen LogP contribution in [0.4, 0.5) is 0 Å². The number of hydrogen-bond donors (Lipinski definition) is 4. The minimum Gasteiger partial charge on any atom is -0.396 e. The van der Waals surface area contributed by atoms with Gasteiger partial charge in [0.25, 0.3) is 0 Å². The number of nitrogens with one attached hydrogen (secondary N) is 2. The molecule has 0 aromatic heterocycles. The number of aliphatic hydroxyl groups excluding tert-OH is 2. The third-order valence-corrected chi connectivity index (χ3v) is 2.90. The maximum Gasteiger partial charge on any atom is 0.249 e. The number of amides is 2. The van der Waals surface area contributed by atoms with Crippen LogP contribution < -0.4 is 10.6 Å². The van der Waals surface area contributed by atoms with Gasteiger partial charge in [-0.05, 0) is 6.42 Å². The normalized spacial score (nSPS) is 12.9. The Morgan fingerprint density at radius 1 is 1.21 bits per heavy atom. The van der Waals surface area contributed by atoms with Gasteiger partial charge in [-0.3, -0.25) is 9.59 Å². The maximum absolute atomic E-state index is 11.6. The molecular formula is C13H26N2O4. The molecule has 112 valence electrons. The molecule has 6 nitrogen and oxygen atoms in total. The van der Waals surface area contributed by atoms with Crippen LogP contribution in [0.5, 0.6) is 0 Å². The van der Waals surface area contributed by atoms with E-state index in [0.717, 1.165) is 12.8 Å². The van der Waals surface area contributed by atoms with Crippen molar-refractivity contribution in [1.29, 1.82) is 0 Å². The zero-order chi connectivity index (χ0) is 14.9. The van der Waals surface area contributed by atoms with Crippen molar-refractivity contribution in [3.05, 3.63) is 0 Å². The molecule has 0 aliphatic heterocycles.